The fourth-order valence-electron chi connectivity index (χ4n) is 0. The van der Waals surface area contributed by atoms with Crippen molar-refractivity contribution in [2.24, 2.45) is 0 Å². The molecule has 32 valence electrons. The minimum atomic E-state index is -4.67. The Labute approximate surface area is 91.2 Å². The second-order valence-electron chi connectivity index (χ2n) is 0.448. The van der Waals surface area contributed by atoms with Crippen LogP contribution in [0.5, 0.6) is 0 Å². The molecule has 0 rings (SSSR count). The monoisotopic (exact) mass is 175 g/mol. The maximum Gasteiger partial charge on any atom is 3.00 e. The summed E-state index contributed by atoms with van der Waals surface area (Å²) in [5.74, 6) is 0. The Kier molecular flexibility index (Phi) is 25.1. The summed E-state index contributed by atoms with van der Waals surface area (Å²) in [6.07, 6.45) is 0. The third kappa shape index (κ3) is 102. The van der Waals surface area contributed by atoms with Crippen LogP contribution in [0.3, 0.4) is 0 Å². The Morgan fingerprint density at radius 3 is 1.00 bits per heavy atom. The van der Waals surface area contributed by atoms with Gasteiger partial charge in [0.05, 0.1) is 0 Å². The van der Waals surface area contributed by atoms with Crippen molar-refractivity contribution in [1.82, 2.24) is 0 Å². The molecule has 0 saturated carbocycles. The van der Waals surface area contributed by atoms with Crippen molar-refractivity contribution in [2.45, 2.75) is 0 Å². The largest absolute Gasteiger partial charge is 3.00 e. The van der Waals surface area contributed by atoms with Gasteiger partial charge in [-0.15, -0.1) is 0 Å². The fraction of sp³-hybridized carbons (Fsp3) is 0. The first kappa shape index (κ1) is 22.5. The Hall–Kier alpha value is 1.93. The van der Waals surface area contributed by atoms with Crippen molar-refractivity contribution >= 4 is 45.1 Å². The summed E-state index contributed by atoms with van der Waals surface area (Å²) < 4.78 is 31.6. The van der Waals surface area contributed by atoms with Gasteiger partial charge >= 0.3 is 74.7 Å². The van der Waals surface area contributed by atoms with Gasteiger partial charge in [0, 0.05) is 0 Å². The van der Waals surface area contributed by atoms with E-state index in [0.29, 0.717) is 0 Å². The molecule has 0 heterocycles. The van der Waals surface area contributed by atoms with Gasteiger partial charge in [0.15, 0.2) is 0 Å². The van der Waals surface area contributed by atoms with Crippen molar-refractivity contribution in [3.63, 3.8) is 0 Å². The maximum atomic E-state index is 8.74. The van der Waals surface area contributed by atoms with Gasteiger partial charge in [-0.25, -0.2) is 0 Å². The standard InChI is InChI=1S/2Al.Na.H2O4S/c;;;1-5(2,3)4/h;;;(H2,1,2,3,4)/q2*+3;+1;. The molecule has 8 heavy (non-hydrogen) atoms. The van der Waals surface area contributed by atoms with Crippen LogP contribution in [0.25, 0.3) is 0 Å². The molecule has 0 radical (unpaired) electrons. The van der Waals surface area contributed by atoms with Gasteiger partial charge in [-0.05, 0) is 0 Å². The van der Waals surface area contributed by atoms with E-state index in [1.54, 1.807) is 0 Å². The molecule has 2 N–H and O–H groups in total. The summed E-state index contributed by atoms with van der Waals surface area (Å²) in [4.78, 5) is 0. The van der Waals surface area contributed by atoms with Crippen molar-refractivity contribution in [3.8, 4) is 0 Å². The van der Waals surface area contributed by atoms with E-state index in [2.05, 4.69) is 0 Å². The van der Waals surface area contributed by atoms with Gasteiger partial charge in [0.1, 0.15) is 0 Å². The van der Waals surface area contributed by atoms with E-state index in [1.807, 2.05) is 0 Å². The zero-order valence-corrected chi connectivity index (χ0v) is 9.40. The van der Waals surface area contributed by atoms with Crippen LogP contribution in [0.2, 0.25) is 0 Å². The average Bonchev–Trinajstić information content (AvgIpc) is 0.722. The van der Waals surface area contributed by atoms with E-state index in [0.717, 1.165) is 0 Å². The molecule has 0 aliphatic rings. The molecule has 4 nitrogen and oxygen atoms in total. The summed E-state index contributed by atoms with van der Waals surface area (Å²) >= 11 is 0. The molecule has 0 saturated heterocycles. The van der Waals surface area contributed by atoms with E-state index in [4.69, 9.17) is 17.5 Å². The van der Waals surface area contributed by atoms with Crippen LogP contribution in [-0.4, -0.2) is 52.2 Å². The van der Waals surface area contributed by atoms with Crippen LogP contribution < -0.4 is 29.6 Å². The molecule has 0 amide bonds. The van der Waals surface area contributed by atoms with E-state index in [1.165, 1.54) is 0 Å². The van der Waals surface area contributed by atoms with Crippen molar-refractivity contribution in [2.75, 3.05) is 0 Å². The fourth-order valence-corrected chi connectivity index (χ4v) is 0. The first-order chi connectivity index (χ1) is 2.00. The second-order valence-corrected chi connectivity index (χ2v) is 1.34. The van der Waals surface area contributed by atoms with Gasteiger partial charge < -0.3 is 0 Å². The topological polar surface area (TPSA) is 74.6 Å². The third-order valence-electron chi connectivity index (χ3n) is 0. The molecule has 0 fully saturated rings. The van der Waals surface area contributed by atoms with Gasteiger partial charge in [-0.1, -0.05) is 0 Å². The van der Waals surface area contributed by atoms with Crippen LogP contribution in [0.15, 0.2) is 0 Å². The normalized spacial score (nSPS) is 7.25. The molecule has 0 aliphatic heterocycles. The Morgan fingerprint density at radius 1 is 1.00 bits per heavy atom. The number of hydrogen-bond acceptors (Lipinski definition) is 2. The summed E-state index contributed by atoms with van der Waals surface area (Å²) in [6.45, 7) is 0. The van der Waals surface area contributed by atoms with Gasteiger partial charge in [0.2, 0.25) is 0 Å². The molecular weight excluding hydrogens is 173 g/mol. The first-order valence-corrected chi connectivity index (χ1v) is 2.10. The zero-order chi connectivity index (χ0) is 4.50. The van der Waals surface area contributed by atoms with E-state index >= 15 is 0 Å². The van der Waals surface area contributed by atoms with Gasteiger partial charge in [0.25, 0.3) is 0 Å². The predicted molar refractivity (Wildman–Crippen MR) is 25.7 cm³/mol. The van der Waals surface area contributed by atoms with Crippen LogP contribution >= 0.6 is 0 Å². The second kappa shape index (κ2) is 8.93. The molecule has 0 aromatic heterocycles. The summed E-state index contributed by atoms with van der Waals surface area (Å²) in [6, 6.07) is 0. The molecule has 0 unspecified atom stereocenters. The zero-order valence-electron chi connectivity index (χ0n) is 4.27. The van der Waals surface area contributed by atoms with Crippen molar-refractivity contribution in [3.05, 3.63) is 0 Å². The Morgan fingerprint density at radius 2 is 1.00 bits per heavy atom. The quantitative estimate of drug-likeness (QED) is 0.288. The Bertz CT molecular complexity index is 97.2. The summed E-state index contributed by atoms with van der Waals surface area (Å²) in [7, 11) is -4.67. The van der Waals surface area contributed by atoms with Gasteiger partial charge in [-0.2, -0.15) is 8.42 Å². The van der Waals surface area contributed by atoms with E-state index in [9.17, 15) is 0 Å². The van der Waals surface area contributed by atoms with Gasteiger partial charge in [-0.3, -0.25) is 9.11 Å². The molecular formula is H2Al2NaO4S+7. The average molecular weight is 175 g/mol. The summed E-state index contributed by atoms with van der Waals surface area (Å²) in [5, 5.41) is 0. The van der Waals surface area contributed by atoms with E-state index < -0.39 is 10.4 Å². The Balaban J connectivity index is -0.0000000267. The minimum Gasteiger partial charge on any atom is -0.264 e. The number of hydrogen-bond donors (Lipinski definition) is 2. The van der Waals surface area contributed by atoms with Crippen LogP contribution in [0.4, 0.5) is 0 Å². The van der Waals surface area contributed by atoms with Crippen LogP contribution in [0, 0.1) is 0 Å². The number of rotatable bonds is 0. The van der Waals surface area contributed by atoms with Crippen LogP contribution in [0.1, 0.15) is 0 Å². The molecule has 0 aliphatic carbocycles. The molecule has 8 heteroatoms. The molecule has 0 spiro atoms. The van der Waals surface area contributed by atoms with Crippen molar-refractivity contribution < 1.29 is 47.1 Å². The smallest absolute Gasteiger partial charge is 0.264 e. The molecule has 0 atom stereocenters. The van der Waals surface area contributed by atoms with E-state index in [-0.39, 0.29) is 64.3 Å². The maximum absolute atomic E-state index is 8.74. The molecule has 0 aromatic rings. The third-order valence-corrected chi connectivity index (χ3v) is 0. The van der Waals surface area contributed by atoms with Crippen molar-refractivity contribution in [1.29, 1.82) is 0 Å². The predicted octanol–water partition coefficient (Wildman–Crippen LogP) is -4.41. The SMILES string of the molecule is O=S(=O)(O)O.[Al+3].[Al+3].[Na+]. The minimum absolute atomic E-state index is 0. The summed E-state index contributed by atoms with van der Waals surface area (Å²) in [5.41, 5.74) is 0. The first-order valence-electron chi connectivity index (χ1n) is 0.698. The molecule has 0 bridgehead atoms. The van der Waals surface area contributed by atoms with Crippen LogP contribution in [-0.2, 0) is 10.4 Å². The molecule has 0 aromatic carbocycles.